The Hall–Kier alpha value is -1.78. The molecule has 0 aromatic heterocycles. The van der Waals surface area contributed by atoms with E-state index >= 15 is 0 Å². The van der Waals surface area contributed by atoms with Gasteiger partial charge in [0.1, 0.15) is 12.4 Å². The van der Waals surface area contributed by atoms with Crippen molar-refractivity contribution in [3.63, 3.8) is 0 Å². The van der Waals surface area contributed by atoms with E-state index in [4.69, 9.17) is 21.1 Å². The van der Waals surface area contributed by atoms with Crippen LogP contribution in [0.5, 0.6) is 11.5 Å². The van der Waals surface area contributed by atoms with Crippen LogP contribution in [0.2, 0.25) is 5.02 Å². The fourth-order valence-corrected chi connectivity index (χ4v) is 2.16. The second-order valence-corrected chi connectivity index (χ2v) is 4.92. The van der Waals surface area contributed by atoms with E-state index in [0.717, 1.165) is 5.56 Å². The molecule has 5 heteroatoms. The van der Waals surface area contributed by atoms with Crippen LogP contribution in [0.1, 0.15) is 11.1 Å². The summed E-state index contributed by atoms with van der Waals surface area (Å²) in [5.41, 5.74) is 1.46. The molecule has 2 aromatic rings. The summed E-state index contributed by atoms with van der Waals surface area (Å²) >= 11 is 5.76. The summed E-state index contributed by atoms with van der Waals surface area (Å²) in [6, 6.07) is 10.5. The molecular formula is C16H17ClFNO2. The molecule has 0 unspecified atom stereocenters. The first-order valence-corrected chi connectivity index (χ1v) is 6.90. The van der Waals surface area contributed by atoms with Gasteiger partial charge in [-0.3, -0.25) is 0 Å². The Balaban J connectivity index is 2.18. The number of ether oxygens (including phenoxy) is 2. The molecule has 2 rings (SSSR count). The molecule has 0 heterocycles. The predicted octanol–water partition coefficient (Wildman–Crippen LogP) is 3.79. The molecule has 0 aliphatic carbocycles. The zero-order valence-corrected chi connectivity index (χ0v) is 12.7. The Bertz CT molecular complexity index is 619. The van der Waals surface area contributed by atoms with Gasteiger partial charge in [-0.05, 0) is 30.8 Å². The lowest BCUT2D eigenvalue weighted by Gasteiger charge is -2.13. The van der Waals surface area contributed by atoms with Gasteiger partial charge in [-0.1, -0.05) is 29.8 Å². The number of hydrogen-bond donors (Lipinski definition) is 1. The first-order chi connectivity index (χ1) is 10.2. The summed E-state index contributed by atoms with van der Waals surface area (Å²) in [5.74, 6) is 0.728. The highest BCUT2D eigenvalue weighted by Crippen LogP contribution is 2.29. The quantitative estimate of drug-likeness (QED) is 0.880. The molecule has 0 radical (unpaired) electrons. The number of hydrogen-bond acceptors (Lipinski definition) is 3. The highest BCUT2D eigenvalue weighted by Gasteiger charge is 2.10. The number of benzene rings is 2. The number of rotatable bonds is 6. The topological polar surface area (TPSA) is 30.5 Å². The monoisotopic (exact) mass is 309 g/mol. The van der Waals surface area contributed by atoms with E-state index in [9.17, 15) is 4.39 Å². The van der Waals surface area contributed by atoms with Crippen molar-refractivity contribution >= 4 is 11.6 Å². The Morgan fingerprint density at radius 3 is 2.71 bits per heavy atom. The lowest BCUT2D eigenvalue weighted by Crippen LogP contribution is -2.06. The summed E-state index contributed by atoms with van der Waals surface area (Å²) in [4.78, 5) is 0. The van der Waals surface area contributed by atoms with E-state index in [2.05, 4.69) is 5.32 Å². The number of nitrogens with one attached hydrogen (secondary N) is 1. The van der Waals surface area contributed by atoms with Gasteiger partial charge in [0.05, 0.1) is 12.1 Å². The van der Waals surface area contributed by atoms with Crippen LogP contribution in [-0.4, -0.2) is 14.2 Å². The molecule has 0 amide bonds. The van der Waals surface area contributed by atoms with E-state index in [-0.39, 0.29) is 11.6 Å². The molecule has 0 fully saturated rings. The Morgan fingerprint density at radius 1 is 1.19 bits per heavy atom. The van der Waals surface area contributed by atoms with Crippen molar-refractivity contribution in [3.05, 3.63) is 58.4 Å². The lowest BCUT2D eigenvalue weighted by atomic mass is 10.2. The van der Waals surface area contributed by atoms with Crippen molar-refractivity contribution in [2.24, 2.45) is 0 Å². The van der Waals surface area contributed by atoms with E-state index < -0.39 is 5.82 Å². The summed E-state index contributed by atoms with van der Waals surface area (Å²) in [6.07, 6.45) is 0. The summed E-state index contributed by atoms with van der Waals surface area (Å²) < 4.78 is 24.8. The van der Waals surface area contributed by atoms with Gasteiger partial charge >= 0.3 is 0 Å². The van der Waals surface area contributed by atoms with Crippen molar-refractivity contribution in [1.82, 2.24) is 5.32 Å². The maximum Gasteiger partial charge on any atom is 0.161 e. The molecule has 3 nitrogen and oxygen atoms in total. The average Bonchev–Trinajstić information content (AvgIpc) is 2.49. The van der Waals surface area contributed by atoms with Gasteiger partial charge in [-0.2, -0.15) is 0 Å². The standard InChI is InChI=1S/C16H17ClFNO2/c1-19-9-11-6-7-14(20-2)15(8-11)21-10-12-4-3-5-13(17)16(12)18/h3-8,19H,9-10H2,1-2H3. The normalized spacial score (nSPS) is 10.5. The maximum absolute atomic E-state index is 13.8. The average molecular weight is 310 g/mol. The minimum Gasteiger partial charge on any atom is -0.493 e. The van der Waals surface area contributed by atoms with E-state index in [1.807, 2.05) is 25.2 Å². The fourth-order valence-electron chi connectivity index (χ4n) is 1.96. The molecule has 1 N–H and O–H groups in total. The molecule has 112 valence electrons. The lowest BCUT2D eigenvalue weighted by molar-refractivity contribution is 0.279. The van der Waals surface area contributed by atoms with Gasteiger partial charge in [-0.25, -0.2) is 4.39 Å². The van der Waals surface area contributed by atoms with E-state index in [1.165, 1.54) is 6.07 Å². The van der Waals surface area contributed by atoms with Gasteiger partial charge in [0.15, 0.2) is 11.5 Å². The van der Waals surface area contributed by atoms with Crippen LogP contribution in [0, 0.1) is 5.82 Å². The zero-order valence-electron chi connectivity index (χ0n) is 12.0. The second-order valence-electron chi connectivity index (χ2n) is 4.52. The van der Waals surface area contributed by atoms with Crippen LogP contribution < -0.4 is 14.8 Å². The molecule has 0 saturated carbocycles. The Kier molecular flexibility index (Phi) is 5.42. The summed E-state index contributed by atoms with van der Waals surface area (Å²) in [6.45, 7) is 0.803. The highest BCUT2D eigenvalue weighted by molar-refractivity contribution is 6.30. The second kappa shape index (κ2) is 7.29. The smallest absolute Gasteiger partial charge is 0.161 e. The van der Waals surface area contributed by atoms with E-state index in [1.54, 1.807) is 19.2 Å². The minimum atomic E-state index is -0.454. The summed E-state index contributed by atoms with van der Waals surface area (Å²) in [7, 11) is 3.44. The molecule has 0 aliphatic rings. The largest absolute Gasteiger partial charge is 0.493 e. The van der Waals surface area contributed by atoms with Crippen LogP contribution in [0.25, 0.3) is 0 Å². The first-order valence-electron chi connectivity index (χ1n) is 6.53. The Morgan fingerprint density at radius 2 is 2.00 bits per heavy atom. The molecule has 0 aliphatic heterocycles. The Labute approximate surface area is 128 Å². The highest BCUT2D eigenvalue weighted by atomic mass is 35.5. The first kappa shape index (κ1) is 15.6. The number of methoxy groups -OCH3 is 1. The van der Waals surface area contributed by atoms with Gasteiger partial charge in [-0.15, -0.1) is 0 Å². The third-order valence-electron chi connectivity index (χ3n) is 3.02. The molecular weight excluding hydrogens is 293 g/mol. The van der Waals surface area contributed by atoms with Crippen molar-refractivity contribution in [3.8, 4) is 11.5 Å². The van der Waals surface area contributed by atoms with Crippen LogP contribution >= 0.6 is 11.6 Å². The maximum atomic E-state index is 13.8. The van der Waals surface area contributed by atoms with Gasteiger partial charge < -0.3 is 14.8 Å². The molecule has 2 aromatic carbocycles. The third kappa shape index (κ3) is 3.86. The van der Waals surface area contributed by atoms with Crippen molar-refractivity contribution in [2.45, 2.75) is 13.2 Å². The van der Waals surface area contributed by atoms with Crippen molar-refractivity contribution in [2.75, 3.05) is 14.2 Å². The molecule has 0 bridgehead atoms. The zero-order chi connectivity index (χ0) is 15.2. The third-order valence-corrected chi connectivity index (χ3v) is 3.32. The number of halogens is 2. The van der Waals surface area contributed by atoms with Crippen molar-refractivity contribution < 1.29 is 13.9 Å². The van der Waals surface area contributed by atoms with Gasteiger partial charge in [0, 0.05) is 12.1 Å². The van der Waals surface area contributed by atoms with Gasteiger partial charge in [0.25, 0.3) is 0 Å². The SMILES string of the molecule is CNCc1ccc(OC)c(OCc2cccc(Cl)c2F)c1. The molecule has 21 heavy (non-hydrogen) atoms. The van der Waals surface area contributed by atoms with Crippen molar-refractivity contribution in [1.29, 1.82) is 0 Å². The molecule has 0 saturated heterocycles. The van der Waals surface area contributed by atoms with Crippen LogP contribution in [0.15, 0.2) is 36.4 Å². The molecule has 0 spiro atoms. The summed E-state index contributed by atoms with van der Waals surface area (Å²) in [5, 5.41) is 3.16. The van der Waals surface area contributed by atoms with Crippen LogP contribution in [-0.2, 0) is 13.2 Å². The van der Waals surface area contributed by atoms with E-state index in [0.29, 0.717) is 23.6 Å². The molecule has 0 atom stereocenters. The van der Waals surface area contributed by atoms with Crippen LogP contribution in [0.3, 0.4) is 0 Å². The minimum absolute atomic E-state index is 0.0890. The predicted molar refractivity (Wildman–Crippen MR) is 81.5 cm³/mol. The fraction of sp³-hybridized carbons (Fsp3) is 0.250. The van der Waals surface area contributed by atoms with Gasteiger partial charge in [0.2, 0.25) is 0 Å². The van der Waals surface area contributed by atoms with Crippen LogP contribution in [0.4, 0.5) is 4.39 Å².